The molecule has 0 amide bonds. The lowest BCUT2D eigenvalue weighted by Gasteiger charge is -2.09. The second kappa shape index (κ2) is 5.75. The molecule has 0 saturated heterocycles. The van der Waals surface area contributed by atoms with E-state index in [1.807, 2.05) is 0 Å². The van der Waals surface area contributed by atoms with Gasteiger partial charge in [0.2, 0.25) is 0 Å². The van der Waals surface area contributed by atoms with E-state index in [-0.39, 0.29) is 16.9 Å². The summed E-state index contributed by atoms with van der Waals surface area (Å²) in [6, 6.07) is 4.79. The first-order valence-corrected chi connectivity index (χ1v) is 5.11. The summed E-state index contributed by atoms with van der Waals surface area (Å²) >= 11 is 5.66. The van der Waals surface area contributed by atoms with Crippen molar-refractivity contribution in [1.82, 2.24) is 0 Å². The largest absolute Gasteiger partial charge is 0.327 e. The summed E-state index contributed by atoms with van der Waals surface area (Å²) < 4.78 is 13.5. The monoisotopic (exact) mass is 225 g/mol. The maximum Gasteiger partial charge on any atom is 0.145 e. The number of rotatable bonds is 3. The summed E-state index contributed by atoms with van der Waals surface area (Å²) in [5.41, 5.74) is 6.35. The van der Waals surface area contributed by atoms with Crippen LogP contribution in [0.4, 0.5) is 4.39 Å². The Morgan fingerprint density at radius 2 is 2.27 bits per heavy atom. The van der Waals surface area contributed by atoms with Crippen LogP contribution in [0.2, 0.25) is 5.02 Å². The van der Waals surface area contributed by atoms with Crippen LogP contribution in [0, 0.1) is 17.7 Å². The molecular formula is C12H13ClFN. The van der Waals surface area contributed by atoms with Crippen molar-refractivity contribution in [3.63, 3.8) is 0 Å². The molecule has 0 aromatic heterocycles. The lowest BCUT2D eigenvalue weighted by Crippen LogP contribution is -2.22. The van der Waals surface area contributed by atoms with Crippen LogP contribution < -0.4 is 5.73 Å². The quantitative estimate of drug-likeness (QED) is 0.787. The number of hydrogen-bond donors (Lipinski definition) is 1. The van der Waals surface area contributed by atoms with Crippen LogP contribution in [0.3, 0.4) is 0 Å². The van der Waals surface area contributed by atoms with Gasteiger partial charge < -0.3 is 5.73 Å². The molecule has 1 aromatic rings. The molecule has 0 fully saturated rings. The number of benzene rings is 1. The third-order valence-electron chi connectivity index (χ3n) is 2.05. The Morgan fingerprint density at radius 3 is 2.93 bits per heavy atom. The fraction of sp³-hybridized carbons (Fsp3) is 0.333. The average molecular weight is 226 g/mol. The number of halogens is 2. The van der Waals surface area contributed by atoms with E-state index in [4.69, 9.17) is 17.3 Å². The molecule has 0 saturated carbocycles. The zero-order chi connectivity index (χ0) is 11.3. The fourth-order valence-electron chi connectivity index (χ4n) is 1.29. The first-order valence-electron chi connectivity index (χ1n) is 4.73. The minimum Gasteiger partial charge on any atom is -0.327 e. The maximum atomic E-state index is 13.5. The van der Waals surface area contributed by atoms with Gasteiger partial charge in [-0.05, 0) is 25.0 Å². The van der Waals surface area contributed by atoms with Crippen molar-refractivity contribution < 1.29 is 4.39 Å². The second-order valence-corrected chi connectivity index (χ2v) is 3.72. The molecular weight excluding hydrogens is 213 g/mol. The molecule has 15 heavy (non-hydrogen) atoms. The summed E-state index contributed by atoms with van der Waals surface area (Å²) in [7, 11) is 0. The Bertz CT molecular complexity index is 392. The van der Waals surface area contributed by atoms with Gasteiger partial charge in [-0.2, -0.15) is 0 Å². The Morgan fingerprint density at radius 1 is 1.53 bits per heavy atom. The van der Waals surface area contributed by atoms with Gasteiger partial charge in [0.15, 0.2) is 0 Å². The molecule has 3 heteroatoms. The van der Waals surface area contributed by atoms with Crippen molar-refractivity contribution in [2.45, 2.75) is 25.8 Å². The molecule has 0 radical (unpaired) electrons. The highest BCUT2D eigenvalue weighted by Gasteiger charge is 2.09. The molecule has 0 heterocycles. The minimum absolute atomic E-state index is 0.140. The summed E-state index contributed by atoms with van der Waals surface area (Å²) in [4.78, 5) is 0. The molecule has 80 valence electrons. The van der Waals surface area contributed by atoms with Crippen molar-refractivity contribution in [2.24, 2.45) is 5.73 Å². The smallest absolute Gasteiger partial charge is 0.145 e. The molecule has 0 aliphatic rings. The van der Waals surface area contributed by atoms with Crippen LogP contribution in [0.25, 0.3) is 0 Å². The summed E-state index contributed by atoms with van der Waals surface area (Å²) in [6.07, 6.45) is 1.03. The maximum absolute atomic E-state index is 13.5. The van der Waals surface area contributed by atoms with Gasteiger partial charge in [-0.3, -0.25) is 0 Å². The lowest BCUT2D eigenvalue weighted by molar-refractivity contribution is 0.589. The third kappa shape index (κ3) is 3.54. The molecule has 0 bridgehead atoms. The van der Waals surface area contributed by atoms with Crippen LogP contribution in [-0.2, 0) is 6.42 Å². The Hall–Kier alpha value is -1.04. The van der Waals surface area contributed by atoms with Crippen molar-refractivity contribution >= 4 is 11.6 Å². The average Bonchev–Trinajstić information content (AvgIpc) is 2.22. The van der Waals surface area contributed by atoms with Crippen LogP contribution in [0.1, 0.15) is 18.9 Å². The zero-order valence-electron chi connectivity index (χ0n) is 8.56. The first kappa shape index (κ1) is 12.0. The SMILES string of the molecule is CC#CCC(N)Cc1cccc(Cl)c1F. The van der Waals surface area contributed by atoms with Crippen molar-refractivity contribution in [3.05, 3.63) is 34.6 Å². The van der Waals surface area contributed by atoms with E-state index < -0.39 is 0 Å². The van der Waals surface area contributed by atoms with Gasteiger partial charge in [0.1, 0.15) is 5.82 Å². The Labute approximate surface area is 94.4 Å². The third-order valence-corrected chi connectivity index (χ3v) is 2.35. The summed E-state index contributed by atoms with van der Waals surface area (Å²) in [5, 5.41) is 0.140. The van der Waals surface area contributed by atoms with Crippen LogP contribution in [0.5, 0.6) is 0 Å². The molecule has 1 atom stereocenters. The fourth-order valence-corrected chi connectivity index (χ4v) is 1.49. The van der Waals surface area contributed by atoms with E-state index >= 15 is 0 Å². The predicted octanol–water partition coefficient (Wildman–Crippen LogP) is 2.76. The van der Waals surface area contributed by atoms with Crippen molar-refractivity contribution in [2.75, 3.05) is 0 Å². The molecule has 2 N–H and O–H groups in total. The van der Waals surface area contributed by atoms with Gasteiger partial charge in [0.05, 0.1) is 5.02 Å². The van der Waals surface area contributed by atoms with E-state index in [0.717, 1.165) is 0 Å². The molecule has 1 aromatic carbocycles. The molecule has 0 spiro atoms. The standard InChI is InChI=1S/C12H13ClFN/c1-2-3-6-10(15)8-9-5-4-7-11(13)12(9)14/h4-5,7,10H,6,8,15H2,1H3. The van der Waals surface area contributed by atoms with Crippen LogP contribution in [-0.4, -0.2) is 6.04 Å². The second-order valence-electron chi connectivity index (χ2n) is 3.31. The first-order chi connectivity index (χ1) is 7.15. The minimum atomic E-state index is -0.376. The van der Waals surface area contributed by atoms with Crippen molar-refractivity contribution in [3.8, 4) is 11.8 Å². The number of nitrogens with two attached hydrogens (primary N) is 1. The lowest BCUT2D eigenvalue weighted by atomic mass is 10.0. The summed E-state index contributed by atoms with van der Waals surface area (Å²) in [6.45, 7) is 1.76. The van der Waals surface area contributed by atoms with Gasteiger partial charge >= 0.3 is 0 Å². The van der Waals surface area contributed by atoms with Crippen LogP contribution in [0.15, 0.2) is 18.2 Å². The van der Waals surface area contributed by atoms with Gasteiger partial charge in [-0.25, -0.2) is 4.39 Å². The van der Waals surface area contributed by atoms with E-state index in [0.29, 0.717) is 18.4 Å². The molecule has 0 aliphatic carbocycles. The molecule has 1 nitrogen and oxygen atoms in total. The Balaban J connectivity index is 2.70. The topological polar surface area (TPSA) is 26.0 Å². The predicted molar refractivity (Wildman–Crippen MR) is 61.2 cm³/mol. The highest BCUT2D eigenvalue weighted by Crippen LogP contribution is 2.19. The van der Waals surface area contributed by atoms with E-state index in [1.54, 1.807) is 19.1 Å². The highest BCUT2D eigenvalue weighted by atomic mass is 35.5. The van der Waals surface area contributed by atoms with Gasteiger partial charge in [0.25, 0.3) is 0 Å². The van der Waals surface area contributed by atoms with E-state index in [9.17, 15) is 4.39 Å². The highest BCUT2D eigenvalue weighted by molar-refractivity contribution is 6.30. The zero-order valence-corrected chi connectivity index (χ0v) is 9.31. The van der Waals surface area contributed by atoms with Gasteiger partial charge in [-0.1, -0.05) is 23.7 Å². The van der Waals surface area contributed by atoms with Crippen molar-refractivity contribution in [1.29, 1.82) is 0 Å². The van der Waals surface area contributed by atoms with E-state index in [2.05, 4.69) is 11.8 Å². The normalized spacial score (nSPS) is 11.7. The molecule has 1 rings (SSSR count). The summed E-state index contributed by atoms with van der Waals surface area (Å²) in [5.74, 6) is 5.26. The Kier molecular flexibility index (Phi) is 4.61. The molecule has 0 aliphatic heterocycles. The number of hydrogen-bond acceptors (Lipinski definition) is 1. The molecule has 1 unspecified atom stereocenters. The van der Waals surface area contributed by atoms with Gasteiger partial charge in [-0.15, -0.1) is 11.8 Å². The van der Waals surface area contributed by atoms with E-state index in [1.165, 1.54) is 6.07 Å². The van der Waals surface area contributed by atoms with Crippen LogP contribution >= 0.6 is 11.6 Å². The van der Waals surface area contributed by atoms with Gasteiger partial charge in [0, 0.05) is 12.5 Å².